The first-order valence-corrected chi connectivity index (χ1v) is 8.79. The van der Waals surface area contributed by atoms with Gasteiger partial charge in [0.1, 0.15) is 5.82 Å². The van der Waals surface area contributed by atoms with Crippen molar-refractivity contribution in [3.05, 3.63) is 54.2 Å². The zero-order valence-electron chi connectivity index (χ0n) is 12.6. The third-order valence-corrected chi connectivity index (χ3v) is 4.92. The average Bonchev–Trinajstić information content (AvgIpc) is 3.33. The molecule has 0 aliphatic heterocycles. The standard InChI is InChI=1S/C16H17N3O3S/c1-12-5-9-14(10-6-12)23(21,22)18-16(20)19(13-7-8-13)15-4-2-3-11-17-15/h2-6,9-11,13H,7-8H2,1H3,(H,18,20). The molecule has 1 aromatic carbocycles. The van der Waals surface area contributed by atoms with Crippen molar-refractivity contribution in [2.24, 2.45) is 0 Å². The van der Waals surface area contributed by atoms with Crippen LogP contribution in [-0.2, 0) is 10.0 Å². The number of carbonyl (C=O) groups is 1. The summed E-state index contributed by atoms with van der Waals surface area (Å²) in [7, 11) is -3.90. The van der Waals surface area contributed by atoms with Gasteiger partial charge in [-0.15, -0.1) is 0 Å². The van der Waals surface area contributed by atoms with Crippen LogP contribution >= 0.6 is 0 Å². The van der Waals surface area contributed by atoms with Crippen LogP contribution in [0.2, 0.25) is 0 Å². The van der Waals surface area contributed by atoms with Gasteiger partial charge >= 0.3 is 6.03 Å². The van der Waals surface area contributed by atoms with E-state index in [2.05, 4.69) is 9.71 Å². The smallest absolute Gasteiger partial charge is 0.275 e. The molecule has 1 aliphatic rings. The SMILES string of the molecule is Cc1ccc(S(=O)(=O)NC(=O)N(c2ccccn2)C2CC2)cc1. The van der Waals surface area contributed by atoms with Crippen LogP contribution < -0.4 is 9.62 Å². The quantitative estimate of drug-likeness (QED) is 0.933. The van der Waals surface area contributed by atoms with Crippen LogP contribution in [0.3, 0.4) is 0 Å². The van der Waals surface area contributed by atoms with E-state index >= 15 is 0 Å². The monoisotopic (exact) mass is 331 g/mol. The molecule has 120 valence electrons. The molecule has 2 amide bonds. The van der Waals surface area contributed by atoms with E-state index in [1.165, 1.54) is 17.0 Å². The van der Waals surface area contributed by atoms with Crippen molar-refractivity contribution in [2.75, 3.05) is 4.90 Å². The predicted octanol–water partition coefficient (Wildman–Crippen LogP) is 2.46. The lowest BCUT2D eigenvalue weighted by atomic mass is 10.2. The van der Waals surface area contributed by atoms with Gasteiger partial charge in [0.05, 0.1) is 4.90 Å². The third-order valence-electron chi connectivity index (χ3n) is 3.58. The largest absolute Gasteiger partial charge is 0.337 e. The zero-order chi connectivity index (χ0) is 16.4. The van der Waals surface area contributed by atoms with Crippen molar-refractivity contribution in [2.45, 2.75) is 30.7 Å². The van der Waals surface area contributed by atoms with Gasteiger partial charge in [-0.2, -0.15) is 0 Å². The summed E-state index contributed by atoms with van der Waals surface area (Å²) in [4.78, 5) is 18.1. The number of hydrogen-bond acceptors (Lipinski definition) is 4. The number of benzene rings is 1. The molecule has 0 radical (unpaired) electrons. The molecule has 1 fully saturated rings. The summed E-state index contributed by atoms with van der Waals surface area (Å²) < 4.78 is 26.8. The molecule has 6 nitrogen and oxygen atoms in total. The number of urea groups is 1. The normalized spacial score (nSPS) is 14.3. The Morgan fingerprint density at radius 1 is 1.17 bits per heavy atom. The number of aromatic nitrogens is 1. The lowest BCUT2D eigenvalue weighted by Gasteiger charge is -2.21. The van der Waals surface area contributed by atoms with E-state index in [-0.39, 0.29) is 10.9 Å². The Bertz CT molecular complexity index is 800. The second-order valence-corrected chi connectivity index (χ2v) is 7.20. The molecule has 1 saturated carbocycles. The fraction of sp³-hybridized carbons (Fsp3) is 0.250. The van der Waals surface area contributed by atoms with Gasteiger partial charge in [-0.05, 0) is 44.0 Å². The lowest BCUT2D eigenvalue weighted by molar-refractivity contribution is 0.250. The van der Waals surface area contributed by atoms with Crippen LogP contribution in [0.15, 0.2) is 53.6 Å². The first-order valence-electron chi connectivity index (χ1n) is 7.31. The maximum atomic E-state index is 12.5. The molecule has 7 heteroatoms. The summed E-state index contributed by atoms with van der Waals surface area (Å²) in [6, 6.07) is 10.9. The van der Waals surface area contributed by atoms with Crippen molar-refractivity contribution < 1.29 is 13.2 Å². The molecule has 0 atom stereocenters. The number of rotatable bonds is 4. The number of amides is 2. The van der Waals surface area contributed by atoms with Crippen molar-refractivity contribution in [1.29, 1.82) is 0 Å². The fourth-order valence-corrected chi connectivity index (χ4v) is 3.17. The molecule has 1 aromatic heterocycles. The predicted molar refractivity (Wildman–Crippen MR) is 86.6 cm³/mol. The molecule has 3 rings (SSSR count). The number of nitrogens with zero attached hydrogens (tertiary/aromatic N) is 2. The highest BCUT2D eigenvalue weighted by Crippen LogP contribution is 2.30. The second kappa shape index (κ2) is 6.00. The Morgan fingerprint density at radius 3 is 2.43 bits per heavy atom. The van der Waals surface area contributed by atoms with Crippen LogP contribution in [-0.4, -0.2) is 25.5 Å². The minimum absolute atomic E-state index is 0.00174. The minimum atomic E-state index is -3.90. The minimum Gasteiger partial charge on any atom is -0.275 e. The molecule has 1 aliphatic carbocycles. The van der Waals surface area contributed by atoms with Gasteiger partial charge in [0.2, 0.25) is 0 Å². The van der Waals surface area contributed by atoms with Gasteiger partial charge in [-0.25, -0.2) is 22.9 Å². The Balaban J connectivity index is 1.83. The van der Waals surface area contributed by atoms with E-state index in [0.29, 0.717) is 5.82 Å². The zero-order valence-corrected chi connectivity index (χ0v) is 13.5. The molecule has 0 unspecified atom stereocenters. The molecule has 2 aromatic rings. The Labute approximate surface area is 135 Å². The fourth-order valence-electron chi connectivity index (χ4n) is 2.23. The third kappa shape index (κ3) is 3.50. The van der Waals surface area contributed by atoms with Gasteiger partial charge in [-0.3, -0.25) is 4.90 Å². The number of hydrogen-bond donors (Lipinski definition) is 1. The van der Waals surface area contributed by atoms with Crippen molar-refractivity contribution >= 4 is 21.9 Å². The van der Waals surface area contributed by atoms with E-state index < -0.39 is 16.1 Å². The number of nitrogens with one attached hydrogen (secondary N) is 1. The highest BCUT2D eigenvalue weighted by atomic mass is 32.2. The molecule has 0 spiro atoms. The summed E-state index contributed by atoms with van der Waals surface area (Å²) >= 11 is 0. The summed E-state index contributed by atoms with van der Waals surface area (Å²) in [5.74, 6) is 0.451. The van der Waals surface area contributed by atoms with Crippen molar-refractivity contribution in [1.82, 2.24) is 9.71 Å². The highest BCUT2D eigenvalue weighted by Gasteiger charge is 2.36. The van der Waals surface area contributed by atoms with Gasteiger partial charge in [0, 0.05) is 12.2 Å². The maximum Gasteiger partial charge on any atom is 0.337 e. The van der Waals surface area contributed by atoms with E-state index in [1.807, 2.05) is 6.92 Å². The molecule has 1 N–H and O–H groups in total. The molecular weight excluding hydrogens is 314 g/mol. The van der Waals surface area contributed by atoms with E-state index in [9.17, 15) is 13.2 Å². The molecule has 1 heterocycles. The summed E-state index contributed by atoms with van der Waals surface area (Å²) in [6.45, 7) is 1.87. The summed E-state index contributed by atoms with van der Waals surface area (Å²) in [6.07, 6.45) is 3.26. The van der Waals surface area contributed by atoms with E-state index in [0.717, 1.165) is 18.4 Å². The second-order valence-electron chi connectivity index (χ2n) is 5.51. The van der Waals surface area contributed by atoms with Gasteiger partial charge in [-0.1, -0.05) is 23.8 Å². The molecular formula is C16H17N3O3S. The number of anilines is 1. The summed E-state index contributed by atoms with van der Waals surface area (Å²) in [5.41, 5.74) is 0.948. The van der Waals surface area contributed by atoms with Crippen LogP contribution in [0.25, 0.3) is 0 Å². The van der Waals surface area contributed by atoms with E-state index in [4.69, 9.17) is 0 Å². The van der Waals surface area contributed by atoms with Crippen LogP contribution in [0, 0.1) is 6.92 Å². The molecule has 23 heavy (non-hydrogen) atoms. The first kappa shape index (κ1) is 15.5. The number of sulfonamides is 1. The first-order chi connectivity index (χ1) is 11.0. The maximum absolute atomic E-state index is 12.5. The van der Waals surface area contributed by atoms with E-state index in [1.54, 1.807) is 36.5 Å². The summed E-state index contributed by atoms with van der Waals surface area (Å²) in [5, 5.41) is 0. The van der Waals surface area contributed by atoms with Crippen LogP contribution in [0.4, 0.5) is 10.6 Å². The van der Waals surface area contributed by atoms with Gasteiger partial charge < -0.3 is 0 Å². The highest BCUT2D eigenvalue weighted by molar-refractivity contribution is 7.90. The van der Waals surface area contributed by atoms with Gasteiger partial charge in [0.25, 0.3) is 10.0 Å². The number of pyridine rings is 1. The number of carbonyl (C=O) groups excluding carboxylic acids is 1. The average molecular weight is 331 g/mol. The molecule has 0 saturated heterocycles. The topological polar surface area (TPSA) is 79.4 Å². The van der Waals surface area contributed by atoms with Gasteiger partial charge in [0.15, 0.2) is 0 Å². The lowest BCUT2D eigenvalue weighted by Crippen LogP contribution is -2.44. The Kier molecular flexibility index (Phi) is 4.04. The van der Waals surface area contributed by atoms with Crippen molar-refractivity contribution in [3.63, 3.8) is 0 Å². The molecule has 0 bridgehead atoms. The Hall–Kier alpha value is -2.41. The van der Waals surface area contributed by atoms with Crippen LogP contribution in [0.1, 0.15) is 18.4 Å². The van der Waals surface area contributed by atoms with Crippen LogP contribution in [0.5, 0.6) is 0 Å². The van der Waals surface area contributed by atoms with Crippen molar-refractivity contribution in [3.8, 4) is 0 Å². The number of aryl methyl sites for hydroxylation is 1. The Morgan fingerprint density at radius 2 is 1.87 bits per heavy atom.